The molecule has 0 atom stereocenters. The molecule has 3 aromatic rings. The van der Waals surface area contributed by atoms with Crippen molar-refractivity contribution < 1.29 is 27.9 Å². The highest BCUT2D eigenvalue weighted by Crippen LogP contribution is 2.34. The first kappa shape index (κ1) is 24.0. The molecule has 1 N–H and O–H groups in total. The van der Waals surface area contributed by atoms with Crippen LogP contribution in [0.4, 0.5) is 13.6 Å². The van der Waals surface area contributed by atoms with Crippen LogP contribution in [-0.4, -0.2) is 49.7 Å². The smallest absolute Gasteiger partial charge is 0.417 e. The number of nitrogens with zero attached hydrogens (tertiary/aromatic N) is 4. The Hall–Kier alpha value is -4.15. The average Bonchev–Trinajstić information content (AvgIpc) is 3.38. The molecule has 4 rings (SSSR count). The van der Waals surface area contributed by atoms with Gasteiger partial charge < -0.3 is 10.1 Å². The number of pyridine rings is 1. The number of imide groups is 1. The van der Waals surface area contributed by atoms with E-state index in [2.05, 4.69) is 15.4 Å². The third-order valence-corrected chi connectivity index (χ3v) is 5.08. The van der Waals surface area contributed by atoms with Crippen molar-refractivity contribution in [1.82, 2.24) is 25.0 Å². The molecule has 1 aromatic carbocycles. The van der Waals surface area contributed by atoms with Crippen molar-refractivity contribution in [1.29, 1.82) is 0 Å². The first-order valence-corrected chi connectivity index (χ1v) is 10.9. The molecular formula is C24H23F2N5O4. The van der Waals surface area contributed by atoms with E-state index in [4.69, 9.17) is 4.74 Å². The minimum Gasteiger partial charge on any atom is -0.443 e. The highest BCUT2D eigenvalue weighted by molar-refractivity contribution is 6.08. The molecule has 0 spiro atoms. The molecule has 0 bridgehead atoms. The standard InChI is InChI=1S/C24H23F2N5O4/c1-5-27-21(32)15-9-10-31(29-15)18-11-16(19-13(25)7-6-8-14(19)26)28-17-12-30(22(33)20(17)18)23(34)35-24(2,3)4/h6-11H,5,12H2,1-4H3,(H,27,32). The number of benzene rings is 1. The van der Waals surface area contributed by atoms with Crippen LogP contribution in [0.15, 0.2) is 36.5 Å². The van der Waals surface area contributed by atoms with Gasteiger partial charge in [-0.05, 0) is 52.0 Å². The molecular weight excluding hydrogens is 460 g/mol. The number of carbonyl (C=O) groups is 3. The summed E-state index contributed by atoms with van der Waals surface area (Å²) in [5, 5.41) is 6.84. The quantitative estimate of drug-likeness (QED) is 0.604. The normalized spacial score (nSPS) is 13.1. The Labute approximate surface area is 199 Å². The van der Waals surface area contributed by atoms with E-state index in [1.165, 1.54) is 29.1 Å². The molecule has 0 radical (unpaired) electrons. The summed E-state index contributed by atoms with van der Waals surface area (Å²) in [5.74, 6) is -2.83. The molecule has 0 saturated carbocycles. The molecule has 0 saturated heterocycles. The van der Waals surface area contributed by atoms with Gasteiger partial charge in [0.05, 0.1) is 34.7 Å². The zero-order chi connectivity index (χ0) is 25.5. The summed E-state index contributed by atoms with van der Waals surface area (Å²) in [6, 6.07) is 6.14. The second-order valence-electron chi connectivity index (χ2n) is 8.82. The molecule has 9 nitrogen and oxygen atoms in total. The summed E-state index contributed by atoms with van der Waals surface area (Å²) in [5.41, 5.74) is -1.02. The van der Waals surface area contributed by atoms with Crippen LogP contribution in [-0.2, 0) is 11.3 Å². The van der Waals surface area contributed by atoms with Crippen LogP contribution in [0.3, 0.4) is 0 Å². The van der Waals surface area contributed by atoms with E-state index in [1.54, 1.807) is 27.7 Å². The van der Waals surface area contributed by atoms with Crippen LogP contribution in [0.1, 0.15) is 54.2 Å². The molecule has 0 unspecified atom stereocenters. The number of ether oxygens (including phenoxy) is 1. The van der Waals surface area contributed by atoms with Gasteiger partial charge in [0.2, 0.25) is 0 Å². The maximum Gasteiger partial charge on any atom is 0.417 e. The molecule has 2 aromatic heterocycles. The number of amides is 3. The van der Waals surface area contributed by atoms with E-state index in [-0.39, 0.29) is 34.9 Å². The fraction of sp³-hybridized carbons (Fsp3) is 0.292. The highest BCUT2D eigenvalue weighted by Gasteiger charge is 2.39. The summed E-state index contributed by atoms with van der Waals surface area (Å²) in [4.78, 5) is 43.3. The number of carbonyl (C=O) groups excluding carboxylic acids is 3. The van der Waals surface area contributed by atoms with Gasteiger partial charge in [0.1, 0.15) is 17.2 Å². The SMILES string of the molecule is CCNC(=O)c1ccn(-c2cc(-c3c(F)cccc3F)nc3c2C(=O)N(C(=O)OC(C)(C)C)C3)n1. The first-order chi connectivity index (χ1) is 16.5. The zero-order valence-corrected chi connectivity index (χ0v) is 19.6. The summed E-state index contributed by atoms with van der Waals surface area (Å²) in [7, 11) is 0. The third kappa shape index (κ3) is 4.61. The van der Waals surface area contributed by atoms with Crippen LogP contribution < -0.4 is 5.32 Å². The number of hydrogen-bond acceptors (Lipinski definition) is 6. The average molecular weight is 483 g/mol. The van der Waals surface area contributed by atoms with Gasteiger partial charge in [-0.2, -0.15) is 5.10 Å². The van der Waals surface area contributed by atoms with Crippen LogP contribution in [0.2, 0.25) is 0 Å². The third-order valence-electron chi connectivity index (χ3n) is 5.08. The van der Waals surface area contributed by atoms with Gasteiger partial charge in [-0.3, -0.25) is 9.59 Å². The lowest BCUT2D eigenvalue weighted by atomic mass is 10.1. The van der Waals surface area contributed by atoms with E-state index in [0.717, 1.165) is 17.0 Å². The van der Waals surface area contributed by atoms with Crippen molar-refractivity contribution in [3.05, 3.63) is 65.1 Å². The van der Waals surface area contributed by atoms with E-state index in [0.29, 0.717) is 6.54 Å². The summed E-state index contributed by atoms with van der Waals surface area (Å²) in [6.45, 7) is 6.86. The van der Waals surface area contributed by atoms with Gasteiger partial charge in [-0.15, -0.1) is 0 Å². The van der Waals surface area contributed by atoms with E-state index in [1.807, 2.05) is 0 Å². The Morgan fingerprint density at radius 2 is 1.83 bits per heavy atom. The monoisotopic (exact) mass is 483 g/mol. The molecule has 3 heterocycles. The number of nitrogens with one attached hydrogen (secondary N) is 1. The van der Waals surface area contributed by atoms with Crippen molar-refractivity contribution in [2.24, 2.45) is 0 Å². The van der Waals surface area contributed by atoms with Crippen LogP contribution >= 0.6 is 0 Å². The first-order valence-electron chi connectivity index (χ1n) is 10.9. The van der Waals surface area contributed by atoms with Crippen LogP contribution in [0.5, 0.6) is 0 Å². The van der Waals surface area contributed by atoms with Crippen LogP contribution in [0.25, 0.3) is 16.9 Å². The molecule has 0 fully saturated rings. The van der Waals surface area contributed by atoms with Gasteiger partial charge >= 0.3 is 6.09 Å². The van der Waals surface area contributed by atoms with Crippen molar-refractivity contribution >= 4 is 17.9 Å². The number of halogens is 2. The Morgan fingerprint density at radius 1 is 1.14 bits per heavy atom. The maximum atomic E-state index is 14.6. The minimum absolute atomic E-state index is 0.0157. The van der Waals surface area contributed by atoms with Crippen molar-refractivity contribution in [2.75, 3.05) is 6.54 Å². The Balaban J connectivity index is 1.87. The number of hydrogen-bond donors (Lipinski definition) is 1. The second-order valence-corrected chi connectivity index (χ2v) is 8.82. The number of fused-ring (bicyclic) bond motifs is 1. The topological polar surface area (TPSA) is 106 Å². The van der Waals surface area contributed by atoms with Crippen molar-refractivity contribution in [3.63, 3.8) is 0 Å². The lowest BCUT2D eigenvalue weighted by Crippen LogP contribution is -2.37. The second kappa shape index (κ2) is 8.90. The summed E-state index contributed by atoms with van der Waals surface area (Å²) < 4.78 is 35.7. The summed E-state index contributed by atoms with van der Waals surface area (Å²) in [6.07, 6.45) is 0.555. The van der Waals surface area contributed by atoms with Crippen LogP contribution in [0, 0.1) is 11.6 Å². The van der Waals surface area contributed by atoms with Gasteiger partial charge in [-0.25, -0.2) is 28.1 Å². The Bertz CT molecular complexity index is 1330. The Kier molecular flexibility index (Phi) is 6.10. The largest absolute Gasteiger partial charge is 0.443 e. The molecule has 3 amide bonds. The zero-order valence-electron chi connectivity index (χ0n) is 19.6. The van der Waals surface area contributed by atoms with Gasteiger partial charge in [0, 0.05) is 12.7 Å². The lowest BCUT2D eigenvalue weighted by molar-refractivity contribution is 0.0247. The molecule has 1 aliphatic rings. The van der Waals surface area contributed by atoms with E-state index in [9.17, 15) is 23.2 Å². The van der Waals surface area contributed by atoms with Gasteiger partial charge in [-0.1, -0.05) is 6.07 Å². The lowest BCUT2D eigenvalue weighted by Gasteiger charge is -2.23. The van der Waals surface area contributed by atoms with Crippen molar-refractivity contribution in [3.8, 4) is 16.9 Å². The predicted molar refractivity (Wildman–Crippen MR) is 121 cm³/mol. The molecule has 182 valence electrons. The predicted octanol–water partition coefficient (Wildman–Crippen LogP) is 3.85. The van der Waals surface area contributed by atoms with Gasteiger partial charge in [0.25, 0.3) is 11.8 Å². The van der Waals surface area contributed by atoms with Gasteiger partial charge in [0.15, 0.2) is 5.69 Å². The van der Waals surface area contributed by atoms with E-state index >= 15 is 0 Å². The number of aromatic nitrogens is 3. The molecule has 35 heavy (non-hydrogen) atoms. The number of rotatable bonds is 4. The molecule has 0 aliphatic carbocycles. The summed E-state index contributed by atoms with van der Waals surface area (Å²) >= 11 is 0. The molecule has 1 aliphatic heterocycles. The minimum atomic E-state index is -0.881. The fourth-order valence-electron chi connectivity index (χ4n) is 3.63. The fourth-order valence-corrected chi connectivity index (χ4v) is 3.63. The highest BCUT2D eigenvalue weighted by atomic mass is 19.1. The van der Waals surface area contributed by atoms with Crippen molar-refractivity contribution in [2.45, 2.75) is 39.8 Å². The Morgan fingerprint density at radius 3 is 2.46 bits per heavy atom. The molecule has 11 heteroatoms. The van der Waals surface area contributed by atoms with E-state index < -0.39 is 40.7 Å². The maximum absolute atomic E-state index is 14.6.